The molecule has 0 atom stereocenters. The molecule has 0 unspecified atom stereocenters. The van der Waals surface area contributed by atoms with Crippen molar-refractivity contribution in [3.63, 3.8) is 0 Å². The van der Waals surface area contributed by atoms with Gasteiger partial charge in [-0.15, -0.1) is 0 Å². The van der Waals surface area contributed by atoms with E-state index in [0.29, 0.717) is 0 Å². The molecule has 0 spiro atoms. The Kier molecular flexibility index (Phi) is 4.50. The molecule has 0 aliphatic heterocycles. The Morgan fingerprint density at radius 1 is 0.447 bits per heavy atom. The zero-order valence-electron chi connectivity index (χ0n) is 21.0. The Balaban J connectivity index is 1.29. The Morgan fingerprint density at radius 2 is 1.03 bits per heavy atom. The van der Waals surface area contributed by atoms with Gasteiger partial charge in [0.05, 0.1) is 0 Å². The van der Waals surface area contributed by atoms with Crippen molar-refractivity contribution in [3.8, 4) is 22.6 Å². The van der Waals surface area contributed by atoms with Crippen molar-refractivity contribution in [2.24, 2.45) is 0 Å². The molecule has 0 heterocycles. The summed E-state index contributed by atoms with van der Waals surface area (Å²) >= 11 is 0. The number of benzene rings is 8. The summed E-state index contributed by atoms with van der Waals surface area (Å²) in [5.74, 6) is 1.74. The average molecular weight is 485 g/mol. The molecule has 0 aliphatic carbocycles. The lowest BCUT2D eigenvalue weighted by Crippen LogP contribution is -1.90. The zero-order valence-corrected chi connectivity index (χ0v) is 21.0. The van der Waals surface area contributed by atoms with Crippen LogP contribution >= 0.6 is 0 Å². The molecule has 0 bridgehead atoms. The van der Waals surface area contributed by atoms with Gasteiger partial charge < -0.3 is 4.74 Å². The van der Waals surface area contributed by atoms with Gasteiger partial charge in [0, 0.05) is 5.39 Å². The van der Waals surface area contributed by atoms with Crippen LogP contribution in [-0.2, 0) is 0 Å². The molecule has 8 aromatic rings. The fraction of sp³-hybridized carbons (Fsp3) is 0.0270. The minimum absolute atomic E-state index is 0.860. The van der Waals surface area contributed by atoms with Crippen molar-refractivity contribution in [3.05, 3.63) is 133 Å². The summed E-state index contributed by atoms with van der Waals surface area (Å²) in [5, 5.41) is 12.5. The van der Waals surface area contributed by atoms with Crippen LogP contribution < -0.4 is 4.74 Å². The van der Waals surface area contributed by atoms with E-state index >= 15 is 0 Å². The highest BCUT2D eigenvalue weighted by molar-refractivity contribution is 6.24. The van der Waals surface area contributed by atoms with E-state index in [2.05, 4.69) is 128 Å². The van der Waals surface area contributed by atoms with Gasteiger partial charge in [-0.3, -0.25) is 0 Å². The quantitative estimate of drug-likeness (QED) is 0.227. The molecule has 8 rings (SSSR count). The average Bonchev–Trinajstić information content (AvgIpc) is 2.96. The number of ether oxygens (including phenoxy) is 1. The van der Waals surface area contributed by atoms with Gasteiger partial charge in [0.2, 0.25) is 0 Å². The number of hydrogen-bond acceptors (Lipinski definition) is 1. The maximum Gasteiger partial charge on any atom is 0.135 e. The van der Waals surface area contributed by atoms with Gasteiger partial charge in [-0.05, 0) is 102 Å². The minimum Gasteiger partial charge on any atom is -0.457 e. The van der Waals surface area contributed by atoms with Crippen molar-refractivity contribution < 1.29 is 4.74 Å². The van der Waals surface area contributed by atoms with Gasteiger partial charge in [0.15, 0.2) is 0 Å². The smallest absolute Gasteiger partial charge is 0.135 e. The molecule has 0 amide bonds. The van der Waals surface area contributed by atoms with Crippen LogP contribution in [0.4, 0.5) is 0 Å². The maximum absolute atomic E-state index is 6.47. The summed E-state index contributed by atoms with van der Waals surface area (Å²) in [7, 11) is 0. The maximum atomic E-state index is 6.47. The molecular formula is C37H24O. The lowest BCUT2D eigenvalue weighted by atomic mass is 9.89. The number of hydrogen-bond donors (Lipinski definition) is 0. The van der Waals surface area contributed by atoms with Crippen LogP contribution in [0.15, 0.2) is 127 Å². The molecular weight excluding hydrogens is 460 g/mol. The fourth-order valence-corrected chi connectivity index (χ4v) is 6.14. The predicted octanol–water partition coefficient (Wildman–Crippen LogP) is 10.7. The van der Waals surface area contributed by atoms with E-state index in [0.717, 1.165) is 16.9 Å². The summed E-state index contributed by atoms with van der Waals surface area (Å²) < 4.78 is 6.47. The fourth-order valence-electron chi connectivity index (χ4n) is 6.14. The summed E-state index contributed by atoms with van der Waals surface area (Å²) in [6, 6.07) is 45.8. The first kappa shape index (κ1) is 21.2. The van der Waals surface area contributed by atoms with Crippen molar-refractivity contribution in [2.45, 2.75) is 6.92 Å². The first-order chi connectivity index (χ1) is 18.7. The van der Waals surface area contributed by atoms with Crippen LogP contribution in [0.25, 0.3) is 65.0 Å². The van der Waals surface area contributed by atoms with Gasteiger partial charge in [0.25, 0.3) is 0 Å². The highest BCUT2D eigenvalue weighted by Crippen LogP contribution is 2.41. The molecule has 1 heteroatoms. The van der Waals surface area contributed by atoms with Gasteiger partial charge in [-0.2, -0.15) is 0 Å². The van der Waals surface area contributed by atoms with E-state index in [-0.39, 0.29) is 0 Å². The van der Waals surface area contributed by atoms with Gasteiger partial charge in [-0.25, -0.2) is 0 Å². The van der Waals surface area contributed by atoms with E-state index in [1.54, 1.807) is 0 Å². The van der Waals surface area contributed by atoms with Crippen LogP contribution in [0.2, 0.25) is 0 Å². The normalized spacial score (nSPS) is 11.8. The summed E-state index contributed by atoms with van der Waals surface area (Å²) in [5.41, 5.74) is 3.85. The van der Waals surface area contributed by atoms with Crippen LogP contribution in [0, 0.1) is 6.92 Å². The van der Waals surface area contributed by atoms with Gasteiger partial charge >= 0.3 is 0 Å². The zero-order chi connectivity index (χ0) is 25.2. The van der Waals surface area contributed by atoms with Crippen LogP contribution in [0.5, 0.6) is 11.5 Å². The number of fused-ring (bicyclic) bond motifs is 2. The Morgan fingerprint density at radius 3 is 1.74 bits per heavy atom. The second-order valence-corrected chi connectivity index (χ2v) is 10.2. The van der Waals surface area contributed by atoms with Crippen LogP contribution in [0.1, 0.15) is 5.56 Å². The Bertz CT molecular complexity index is 2100. The van der Waals surface area contributed by atoms with Crippen molar-refractivity contribution in [1.29, 1.82) is 0 Å². The molecule has 178 valence electrons. The Labute approximate surface area is 220 Å². The lowest BCUT2D eigenvalue weighted by molar-refractivity contribution is 0.489. The Hall–Kier alpha value is -4.88. The van der Waals surface area contributed by atoms with Gasteiger partial charge in [-0.1, -0.05) is 97.1 Å². The number of aryl methyl sites for hydroxylation is 1. The van der Waals surface area contributed by atoms with E-state index in [1.165, 1.54) is 65.2 Å². The van der Waals surface area contributed by atoms with Crippen molar-refractivity contribution in [1.82, 2.24) is 0 Å². The topological polar surface area (TPSA) is 9.23 Å². The molecule has 38 heavy (non-hydrogen) atoms. The first-order valence-electron chi connectivity index (χ1n) is 13.1. The van der Waals surface area contributed by atoms with E-state index in [1.807, 2.05) is 6.07 Å². The number of rotatable bonds is 3. The molecule has 1 nitrogen and oxygen atoms in total. The highest BCUT2D eigenvalue weighted by atomic mass is 16.5. The third-order valence-corrected chi connectivity index (χ3v) is 7.94. The SMILES string of the molecule is Cc1ccc(-c2cc3ccc4cc(Oc5cccc6ccccc56)cc5ccc(c2)c3c45)c2ccccc12. The molecule has 0 aromatic heterocycles. The van der Waals surface area contributed by atoms with E-state index < -0.39 is 0 Å². The van der Waals surface area contributed by atoms with Crippen LogP contribution in [0.3, 0.4) is 0 Å². The molecule has 0 saturated heterocycles. The summed E-state index contributed by atoms with van der Waals surface area (Å²) in [6.07, 6.45) is 0. The third kappa shape index (κ3) is 3.19. The van der Waals surface area contributed by atoms with E-state index in [4.69, 9.17) is 4.74 Å². The minimum atomic E-state index is 0.860. The second-order valence-electron chi connectivity index (χ2n) is 10.2. The van der Waals surface area contributed by atoms with Gasteiger partial charge in [0.1, 0.15) is 11.5 Å². The monoisotopic (exact) mass is 484 g/mol. The first-order valence-corrected chi connectivity index (χ1v) is 13.1. The highest BCUT2D eigenvalue weighted by Gasteiger charge is 2.14. The molecule has 0 N–H and O–H groups in total. The largest absolute Gasteiger partial charge is 0.457 e. The lowest BCUT2D eigenvalue weighted by Gasteiger charge is -2.16. The molecule has 0 aliphatic rings. The second kappa shape index (κ2) is 8.06. The molecule has 0 fully saturated rings. The molecule has 0 radical (unpaired) electrons. The van der Waals surface area contributed by atoms with Crippen molar-refractivity contribution in [2.75, 3.05) is 0 Å². The third-order valence-electron chi connectivity index (χ3n) is 7.94. The molecule has 0 saturated carbocycles. The molecule has 8 aromatic carbocycles. The van der Waals surface area contributed by atoms with E-state index in [9.17, 15) is 0 Å². The predicted molar refractivity (Wildman–Crippen MR) is 162 cm³/mol. The summed E-state index contributed by atoms with van der Waals surface area (Å²) in [6.45, 7) is 2.19. The summed E-state index contributed by atoms with van der Waals surface area (Å²) in [4.78, 5) is 0. The standard InChI is InChI=1S/C37H24O/c1-23-13-18-32(34-11-5-4-9-31(23)34)29-19-25-14-16-27-21-30(22-28-17-15-26(20-29)36(25)37(27)28)38-35-12-6-8-24-7-2-3-10-33(24)35/h2-22H,1H3. The van der Waals surface area contributed by atoms with Crippen molar-refractivity contribution >= 4 is 53.9 Å². The van der Waals surface area contributed by atoms with Crippen LogP contribution in [-0.4, -0.2) is 0 Å².